The van der Waals surface area contributed by atoms with Gasteiger partial charge in [0, 0.05) is 45.2 Å². The molecule has 150 valence electrons. The van der Waals surface area contributed by atoms with Gasteiger partial charge < -0.3 is 19.8 Å². The summed E-state index contributed by atoms with van der Waals surface area (Å²) in [5.74, 6) is 1.14. The molecule has 1 amide bonds. The average Bonchev–Trinajstić information content (AvgIpc) is 2.69. The molecule has 26 heavy (non-hydrogen) atoms. The molecule has 6 nitrogen and oxygen atoms in total. The lowest BCUT2D eigenvalue weighted by molar-refractivity contribution is -0.139. The molecule has 1 saturated carbocycles. The molecule has 2 unspecified atom stereocenters. The summed E-state index contributed by atoms with van der Waals surface area (Å²) in [5.41, 5.74) is 0. The van der Waals surface area contributed by atoms with E-state index in [0.29, 0.717) is 24.3 Å². The molecule has 0 aromatic carbocycles. The summed E-state index contributed by atoms with van der Waals surface area (Å²) < 4.78 is 5.41. The van der Waals surface area contributed by atoms with Crippen molar-refractivity contribution in [2.45, 2.75) is 69.6 Å². The van der Waals surface area contributed by atoms with Gasteiger partial charge in [0.15, 0.2) is 0 Å². The maximum atomic E-state index is 12.8. The monoisotopic (exact) mass is 368 g/mol. The fraction of sp³-hybridized carbons (Fsp3) is 0.950. The lowest BCUT2D eigenvalue weighted by Crippen LogP contribution is -2.50. The Morgan fingerprint density at radius 3 is 2.35 bits per heavy atom. The standard InChI is InChI=1S/C20H36N2O4/c1-26-19-4-2-16(3-5-19)20(25)21-9-6-15(7-10-21)13-22-11-8-18(24)12-17(22)14-23/h15-19,23-24H,2-14H2,1H3. The summed E-state index contributed by atoms with van der Waals surface area (Å²) >= 11 is 0. The van der Waals surface area contributed by atoms with E-state index in [-0.39, 0.29) is 24.7 Å². The fourth-order valence-electron chi connectivity index (χ4n) is 4.98. The molecule has 3 rings (SSSR count). The molecule has 0 bridgehead atoms. The maximum absolute atomic E-state index is 12.8. The first-order valence-corrected chi connectivity index (χ1v) is 10.4. The van der Waals surface area contributed by atoms with Crippen molar-refractivity contribution in [3.05, 3.63) is 0 Å². The van der Waals surface area contributed by atoms with E-state index < -0.39 is 0 Å². The lowest BCUT2D eigenvalue weighted by atomic mass is 9.85. The van der Waals surface area contributed by atoms with E-state index in [2.05, 4.69) is 9.80 Å². The van der Waals surface area contributed by atoms with Crippen LogP contribution in [0.5, 0.6) is 0 Å². The minimum absolute atomic E-state index is 0.0920. The highest BCUT2D eigenvalue weighted by molar-refractivity contribution is 5.79. The third kappa shape index (κ3) is 4.97. The van der Waals surface area contributed by atoms with Crippen LogP contribution in [-0.4, -0.2) is 84.1 Å². The van der Waals surface area contributed by atoms with Crippen LogP contribution in [0, 0.1) is 11.8 Å². The molecule has 0 aromatic heterocycles. The number of carbonyl (C=O) groups excluding carboxylic acids is 1. The highest BCUT2D eigenvalue weighted by Gasteiger charge is 2.33. The Bertz CT molecular complexity index is 445. The molecule has 2 saturated heterocycles. The quantitative estimate of drug-likeness (QED) is 0.764. The van der Waals surface area contributed by atoms with E-state index >= 15 is 0 Å². The first kappa shape index (κ1) is 20.1. The Balaban J connectivity index is 1.42. The molecular weight excluding hydrogens is 332 g/mol. The molecule has 3 aliphatic rings. The molecule has 2 heterocycles. The van der Waals surface area contributed by atoms with E-state index in [0.717, 1.165) is 71.1 Å². The number of rotatable bonds is 5. The Morgan fingerprint density at radius 2 is 1.73 bits per heavy atom. The zero-order chi connectivity index (χ0) is 18.5. The summed E-state index contributed by atoms with van der Waals surface area (Å²) in [6.07, 6.45) is 7.60. The van der Waals surface area contributed by atoms with Crippen LogP contribution in [0.25, 0.3) is 0 Å². The van der Waals surface area contributed by atoms with Gasteiger partial charge in [-0.1, -0.05) is 0 Å². The highest BCUT2D eigenvalue weighted by Crippen LogP contribution is 2.30. The molecule has 0 aromatic rings. The van der Waals surface area contributed by atoms with Gasteiger partial charge in [-0.15, -0.1) is 0 Å². The minimum Gasteiger partial charge on any atom is -0.395 e. The lowest BCUT2D eigenvalue weighted by Gasteiger charge is -2.41. The van der Waals surface area contributed by atoms with Crippen molar-refractivity contribution in [3.63, 3.8) is 0 Å². The third-order valence-electron chi connectivity index (χ3n) is 6.80. The van der Waals surface area contributed by atoms with E-state index in [9.17, 15) is 15.0 Å². The van der Waals surface area contributed by atoms with Crippen LogP contribution in [0.4, 0.5) is 0 Å². The van der Waals surface area contributed by atoms with Crippen LogP contribution in [0.2, 0.25) is 0 Å². The van der Waals surface area contributed by atoms with Crippen molar-refractivity contribution in [2.75, 3.05) is 39.9 Å². The van der Waals surface area contributed by atoms with E-state index in [4.69, 9.17) is 4.74 Å². The fourth-order valence-corrected chi connectivity index (χ4v) is 4.98. The van der Waals surface area contributed by atoms with Gasteiger partial charge in [0.05, 0.1) is 18.8 Å². The number of ether oxygens (including phenoxy) is 1. The van der Waals surface area contributed by atoms with E-state index in [1.807, 2.05) is 0 Å². The highest BCUT2D eigenvalue weighted by atomic mass is 16.5. The van der Waals surface area contributed by atoms with Crippen LogP contribution in [0.1, 0.15) is 51.4 Å². The summed E-state index contributed by atoms with van der Waals surface area (Å²) in [4.78, 5) is 17.2. The zero-order valence-electron chi connectivity index (χ0n) is 16.2. The summed E-state index contributed by atoms with van der Waals surface area (Å²) in [7, 11) is 1.77. The van der Waals surface area contributed by atoms with Crippen molar-refractivity contribution in [1.29, 1.82) is 0 Å². The molecule has 2 atom stereocenters. The maximum Gasteiger partial charge on any atom is 0.225 e. The zero-order valence-corrected chi connectivity index (χ0v) is 16.2. The van der Waals surface area contributed by atoms with Gasteiger partial charge in [-0.25, -0.2) is 0 Å². The smallest absolute Gasteiger partial charge is 0.225 e. The molecule has 0 spiro atoms. The van der Waals surface area contributed by atoms with Crippen molar-refractivity contribution >= 4 is 5.91 Å². The van der Waals surface area contributed by atoms with Crippen molar-refractivity contribution in [2.24, 2.45) is 11.8 Å². The number of aliphatic hydroxyl groups excluding tert-OH is 2. The van der Waals surface area contributed by atoms with E-state index in [1.165, 1.54) is 0 Å². The Labute approximate surface area is 157 Å². The van der Waals surface area contributed by atoms with Crippen LogP contribution >= 0.6 is 0 Å². The van der Waals surface area contributed by atoms with Crippen molar-refractivity contribution in [1.82, 2.24) is 9.80 Å². The van der Waals surface area contributed by atoms with Crippen molar-refractivity contribution < 1.29 is 19.7 Å². The average molecular weight is 369 g/mol. The number of carbonyl (C=O) groups is 1. The Morgan fingerprint density at radius 1 is 1.04 bits per heavy atom. The van der Waals surface area contributed by atoms with Crippen LogP contribution in [-0.2, 0) is 9.53 Å². The van der Waals surface area contributed by atoms with Gasteiger partial charge in [-0.2, -0.15) is 0 Å². The Hall–Kier alpha value is -0.690. The van der Waals surface area contributed by atoms with Gasteiger partial charge in [0.25, 0.3) is 0 Å². The number of methoxy groups -OCH3 is 1. The third-order valence-corrected chi connectivity index (χ3v) is 6.80. The molecular formula is C20H36N2O4. The molecule has 3 fully saturated rings. The van der Waals surface area contributed by atoms with Gasteiger partial charge in [-0.05, 0) is 57.3 Å². The number of hydrogen-bond donors (Lipinski definition) is 2. The molecule has 1 aliphatic carbocycles. The molecule has 0 radical (unpaired) electrons. The predicted octanol–water partition coefficient (Wildman–Crippen LogP) is 1.25. The second-order valence-corrected chi connectivity index (χ2v) is 8.49. The van der Waals surface area contributed by atoms with Gasteiger partial charge in [0.1, 0.15) is 0 Å². The van der Waals surface area contributed by atoms with Gasteiger partial charge in [-0.3, -0.25) is 9.69 Å². The first-order valence-electron chi connectivity index (χ1n) is 10.4. The number of likely N-dealkylation sites (tertiary alicyclic amines) is 2. The number of piperidine rings is 2. The van der Waals surface area contributed by atoms with E-state index in [1.54, 1.807) is 7.11 Å². The van der Waals surface area contributed by atoms with Gasteiger partial charge >= 0.3 is 0 Å². The number of hydrogen-bond acceptors (Lipinski definition) is 5. The van der Waals surface area contributed by atoms with Gasteiger partial charge in [0.2, 0.25) is 5.91 Å². The van der Waals surface area contributed by atoms with Crippen molar-refractivity contribution in [3.8, 4) is 0 Å². The molecule has 2 N–H and O–H groups in total. The topological polar surface area (TPSA) is 73.2 Å². The summed E-state index contributed by atoms with van der Waals surface area (Å²) in [5, 5.41) is 19.4. The summed E-state index contributed by atoms with van der Waals surface area (Å²) in [6.45, 7) is 3.72. The SMILES string of the molecule is COC1CCC(C(=O)N2CCC(CN3CCC(O)CC3CO)CC2)CC1. The van der Waals surface area contributed by atoms with Crippen LogP contribution in [0.15, 0.2) is 0 Å². The predicted molar refractivity (Wildman–Crippen MR) is 99.7 cm³/mol. The molecule has 2 aliphatic heterocycles. The second-order valence-electron chi connectivity index (χ2n) is 8.49. The number of nitrogens with zero attached hydrogens (tertiary/aromatic N) is 2. The van der Waals surface area contributed by atoms with Crippen LogP contribution < -0.4 is 0 Å². The number of aliphatic hydroxyl groups is 2. The minimum atomic E-state index is -0.268. The summed E-state index contributed by atoms with van der Waals surface area (Å²) in [6, 6.07) is 0.0920. The first-order chi connectivity index (χ1) is 12.6. The molecule has 6 heteroatoms. The normalized spacial score (nSPS) is 34.8. The largest absolute Gasteiger partial charge is 0.395 e. The van der Waals surface area contributed by atoms with Crippen LogP contribution in [0.3, 0.4) is 0 Å². The Kier molecular flexibility index (Phi) is 7.32. The second kappa shape index (κ2) is 9.49. The number of amides is 1.